The molecule has 0 spiro atoms. The van der Waals surface area contributed by atoms with Gasteiger partial charge in [0.2, 0.25) is 0 Å². The highest BCUT2D eigenvalue weighted by atomic mass is 79.9. The molecule has 2 rings (SSSR count). The second kappa shape index (κ2) is 7.04. The summed E-state index contributed by atoms with van der Waals surface area (Å²) in [5.41, 5.74) is 6.83. The van der Waals surface area contributed by atoms with Crippen molar-refractivity contribution in [2.45, 2.75) is 12.0 Å². The van der Waals surface area contributed by atoms with Crippen LogP contribution in [0.15, 0.2) is 38.6 Å². The molecule has 1 heterocycles. The molecular weight excluding hydrogens is 406 g/mol. The van der Waals surface area contributed by atoms with Gasteiger partial charge in [0, 0.05) is 21.8 Å². The van der Waals surface area contributed by atoms with Gasteiger partial charge in [-0.3, -0.25) is 0 Å². The number of thiophene rings is 1. The van der Waals surface area contributed by atoms with Crippen LogP contribution in [0.25, 0.3) is 0 Å². The van der Waals surface area contributed by atoms with E-state index in [1.807, 2.05) is 30.3 Å². The van der Waals surface area contributed by atoms with Crippen LogP contribution in [0.1, 0.15) is 22.5 Å². The maximum absolute atomic E-state index is 10.6. The van der Waals surface area contributed by atoms with Gasteiger partial charge in [0.1, 0.15) is 5.75 Å². The second-order valence-electron chi connectivity index (χ2n) is 4.33. The first-order valence-corrected chi connectivity index (χ1v) is 8.44. The Hall–Kier alpha value is -0.400. The summed E-state index contributed by atoms with van der Waals surface area (Å²) >= 11 is 8.38. The summed E-state index contributed by atoms with van der Waals surface area (Å²) in [4.78, 5) is 0.877. The van der Waals surface area contributed by atoms with E-state index in [-0.39, 0.29) is 5.92 Å². The van der Waals surface area contributed by atoms with Crippen LogP contribution in [0.2, 0.25) is 0 Å². The third-order valence-corrected chi connectivity index (χ3v) is 6.44. The first-order chi connectivity index (χ1) is 9.56. The van der Waals surface area contributed by atoms with Gasteiger partial charge < -0.3 is 15.6 Å². The summed E-state index contributed by atoms with van der Waals surface area (Å²) in [6.07, 6.45) is -0.639. The van der Waals surface area contributed by atoms with Crippen molar-refractivity contribution in [3.8, 4) is 5.75 Å². The molecule has 0 bridgehead atoms. The predicted molar refractivity (Wildman–Crippen MR) is 89.5 cm³/mol. The van der Waals surface area contributed by atoms with Gasteiger partial charge in [0.25, 0.3) is 0 Å². The van der Waals surface area contributed by atoms with Gasteiger partial charge in [0.05, 0.1) is 17.0 Å². The number of rotatable bonds is 5. The molecule has 0 fully saturated rings. The number of aliphatic hydroxyl groups excluding tert-OH is 1. The van der Waals surface area contributed by atoms with Crippen LogP contribution < -0.4 is 10.5 Å². The quantitative estimate of drug-likeness (QED) is 0.766. The fourth-order valence-electron chi connectivity index (χ4n) is 2.03. The number of ether oxygens (including phenoxy) is 1. The minimum atomic E-state index is -0.639. The van der Waals surface area contributed by atoms with Gasteiger partial charge in [-0.2, -0.15) is 0 Å². The lowest BCUT2D eigenvalue weighted by Gasteiger charge is -2.21. The van der Waals surface area contributed by atoms with E-state index in [0.717, 1.165) is 24.4 Å². The summed E-state index contributed by atoms with van der Waals surface area (Å²) in [7, 11) is 1.63. The van der Waals surface area contributed by atoms with E-state index in [4.69, 9.17) is 10.5 Å². The minimum absolute atomic E-state index is 0.164. The van der Waals surface area contributed by atoms with Crippen LogP contribution in [0.5, 0.6) is 5.75 Å². The van der Waals surface area contributed by atoms with Crippen molar-refractivity contribution in [3.63, 3.8) is 0 Å². The molecule has 0 saturated carbocycles. The molecule has 0 radical (unpaired) electrons. The molecule has 0 aliphatic heterocycles. The summed E-state index contributed by atoms with van der Waals surface area (Å²) in [6, 6.07) is 9.58. The molecule has 2 aromatic rings. The Morgan fingerprint density at radius 2 is 2.10 bits per heavy atom. The van der Waals surface area contributed by atoms with E-state index in [1.54, 1.807) is 7.11 Å². The Morgan fingerprint density at radius 3 is 2.65 bits per heavy atom. The summed E-state index contributed by atoms with van der Waals surface area (Å²) < 4.78 is 7.13. The van der Waals surface area contributed by atoms with Crippen molar-refractivity contribution in [2.24, 2.45) is 5.73 Å². The zero-order valence-corrected chi connectivity index (χ0v) is 14.8. The predicted octanol–water partition coefficient (Wildman–Crippen LogP) is 4.06. The molecule has 20 heavy (non-hydrogen) atoms. The van der Waals surface area contributed by atoms with Gasteiger partial charge >= 0.3 is 0 Å². The first kappa shape index (κ1) is 16.0. The van der Waals surface area contributed by atoms with Gasteiger partial charge in [-0.25, -0.2) is 0 Å². The van der Waals surface area contributed by atoms with Crippen LogP contribution in [0.4, 0.5) is 0 Å². The smallest absolute Gasteiger partial charge is 0.119 e. The maximum atomic E-state index is 10.6. The average molecular weight is 421 g/mol. The van der Waals surface area contributed by atoms with Crippen molar-refractivity contribution in [1.82, 2.24) is 0 Å². The largest absolute Gasteiger partial charge is 0.497 e. The third kappa shape index (κ3) is 3.43. The SMILES string of the molecule is COc1cccc(C(CN)C(O)c2cc(Br)c(Br)s2)c1. The molecule has 3 nitrogen and oxygen atoms in total. The monoisotopic (exact) mass is 419 g/mol. The number of aliphatic hydroxyl groups is 1. The number of methoxy groups -OCH3 is 1. The van der Waals surface area contributed by atoms with Crippen LogP contribution in [-0.4, -0.2) is 18.8 Å². The average Bonchev–Trinajstić information content (AvgIpc) is 2.79. The third-order valence-electron chi connectivity index (χ3n) is 3.11. The fourth-order valence-corrected chi connectivity index (χ4v) is 4.17. The Kier molecular flexibility index (Phi) is 5.63. The number of benzene rings is 1. The van der Waals surface area contributed by atoms with Crippen molar-refractivity contribution in [1.29, 1.82) is 0 Å². The Balaban J connectivity index is 2.30. The molecule has 108 valence electrons. The van der Waals surface area contributed by atoms with E-state index in [0.29, 0.717) is 6.54 Å². The molecule has 1 aromatic carbocycles. The van der Waals surface area contributed by atoms with E-state index >= 15 is 0 Å². The van der Waals surface area contributed by atoms with Gasteiger partial charge in [-0.15, -0.1) is 11.3 Å². The highest BCUT2D eigenvalue weighted by molar-refractivity contribution is 9.13. The van der Waals surface area contributed by atoms with E-state index in [1.165, 1.54) is 11.3 Å². The zero-order valence-electron chi connectivity index (χ0n) is 10.8. The molecule has 6 heteroatoms. The normalized spacial score (nSPS) is 14.1. The first-order valence-electron chi connectivity index (χ1n) is 6.03. The molecule has 3 N–H and O–H groups in total. The lowest BCUT2D eigenvalue weighted by atomic mass is 9.92. The Morgan fingerprint density at radius 1 is 1.35 bits per heavy atom. The zero-order chi connectivity index (χ0) is 14.7. The molecule has 2 unspecified atom stereocenters. The lowest BCUT2D eigenvalue weighted by Crippen LogP contribution is -2.19. The number of nitrogens with two attached hydrogens (primary N) is 1. The molecule has 0 amide bonds. The highest BCUT2D eigenvalue weighted by Crippen LogP contribution is 2.40. The second-order valence-corrected chi connectivity index (χ2v) is 7.59. The summed E-state index contributed by atoms with van der Waals surface area (Å²) in [5, 5.41) is 10.6. The highest BCUT2D eigenvalue weighted by Gasteiger charge is 2.24. The molecular formula is C14H15Br2NO2S. The van der Waals surface area contributed by atoms with Gasteiger partial charge in [-0.05, 0) is 55.6 Å². The molecule has 0 saturated heterocycles. The van der Waals surface area contributed by atoms with Crippen LogP contribution in [0, 0.1) is 0 Å². The van der Waals surface area contributed by atoms with Crippen molar-refractivity contribution in [3.05, 3.63) is 49.0 Å². The van der Waals surface area contributed by atoms with E-state index in [2.05, 4.69) is 31.9 Å². The molecule has 0 aliphatic rings. The molecule has 1 aromatic heterocycles. The minimum Gasteiger partial charge on any atom is -0.497 e. The van der Waals surface area contributed by atoms with Crippen LogP contribution in [0.3, 0.4) is 0 Å². The van der Waals surface area contributed by atoms with E-state index in [9.17, 15) is 5.11 Å². The maximum Gasteiger partial charge on any atom is 0.119 e. The topological polar surface area (TPSA) is 55.5 Å². The summed E-state index contributed by atoms with van der Waals surface area (Å²) in [5.74, 6) is 0.601. The standard InChI is InChI=1S/C14H15Br2NO2S/c1-19-9-4-2-3-8(5-9)10(7-17)13(18)12-6-11(15)14(16)20-12/h2-6,10,13,18H,7,17H2,1H3. The molecule has 0 aliphatic carbocycles. The number of halogens is 2. The fraction of sp³-hybridized carbons (Fsp3) is 0.286. The van der Waals surface area contributed by atoms with Crippen molar-refractivity contribution in [2.75, 3.05) is 13.7 Å². The number of hydrogen-bond acceptors (Lipinski definition) is 4. The number of hydrogen-bond donors (Lipinski definition) is 2. The summed E-state index contributed by atoms with van der Waals surface area (Å²) in [6.45, 7) is 0.363. The molecule has 2 atom stereocenters. The van der Waals surface area contributed by atoms with Crippen LogP contribution >= 0.6 is 43.2 Å². The van der Waals surface area contributed by atoms with E-state index < -0.39 is 6.10 Å². The van der Waals surface area contributed by atoms with Gasteiger partial charge in [-0.1, -0.05) is 12.1 Å². The van der Waals surface area contributed by atoms with Crippen molar-refractivity contribution >= 4 is 43.2 Å². The van der Waals surface area contributed by atoms with Crippen molar-refractivity contribution < 1.29 is 9.84 Å². The lowest BCUT2D eigenvalue weighted by molar-refractivity contribution is 0.151. The van der Waals surface area contributed by atoms with Gasteiger partial charge in [0.15, 0.2) is 0 Å². The Bertz CT molecular complexity index is 569. The van der Waals surface area contributed by atoms with Crippen LogP contribution in [-0.2, 0) is 0 Å². The Labute approximate surface area is 139 Å².